The number of hydrogen-bond donors (Lipinski definition) is 1. The molecular weight excluding hydrogens is 278 g/mol. The molecule has 1 aliphatic heterocycles. The van der Waals surface area contributed by atoms with Crippen molar-refractivity contribution < 1.29 is 9.53 Å². The molecule has 0 aromatic carbocycles. The molecule has 1 aromatic rings. The van der Waals surface area contributed by atoms with Crippen LogP contribution >= 0.6 is 11.6 Å². The first-order valence-electron chi connectivity index (χ1n) is 7.01. The first-order chi connectivity index (χ1) is 9.58. The summed E-state index contributed by atoms with van der Waals surface area (Å²) in [5.74, 6) is -0.229. The fourth-order valence-corrected chi connectivity index (χ4v) is 2.75. The number of halogens is 1. The lowest BCUT2D eigenvalue weighted by molar-refractivity contribution is -0.0918. The van der Waals surface area contributed by atoms with Crippen LogP contribution in [0.15, 0.2) is 12.4 Å². The molecular formula is C14H20ClN3O2. The van der Waals surface area contributed by atoms with Crippen LogP contribution in [0.4, 0.5) is 0 Å². The minimum absolute atomic E-state index is 0.108. The average Bonchev–Trinajstić information content (AvgIpc) is 2.47. The van der Waals surface area contributed by atoms with E-state index in [-0.39, 0.29) is 28.4 Å². The van der Waals surface area contributed by atoms with E-state index in [2.05, 4.69) is 29.1 Å². The zero-order valence-corrected chi connectivity index (χ0v) is 12.6. The summed E-state index contributed by atoms with van der Waals surface area (Å²) in [4.78, 5) is 20.0. The Morgan fingerprint density at radius 1 is 1.50 bits per heavy atom. The van der Waals surface area contributed by atoms with Crippen molar-refractivity contribution in [3.8, 4) is 0 Å². The number of rotatable bonds is 4. The van der Waals surface area contributed by atoms with Crippen molar-refractivity contribution in [3.05, 3.63) is 23.2 Å². The van der Waals surface area contributed by atoms with Gasteiger partial charge in [0.15, 0.2) is 0 Å². The SMILES string of the molecule is CCC1(CC)CC(NC(=O)c2cncc(Cl)n2)CCO1. The third-order valence-corrected chi connectivity index (χ3v) is 4.14. The molecule has 0 spiro atoms. The van der Waals surface area contributed by atoms with Crippen molar-refractivity contribution in [2.45, 2.75) is 51.2 Å². The van der Waals surface area contributed by atoms with Gasteiger partial charge in [0.05, 0.1) is 18.0 Å². The lowest BCUT2D eigenvalue weighted by Gasteiger charge is -2.40. The second kappa shape index (κ2) is 6.50. The number of nitrogens with zero attached hydrogens (tertiary/aromatic N) is 2. The van der Waals surface area contributed by atoms with Crippen LogP contribution < -0.4 is 5.32 Å². The quantitative estimate of drug-likeness (QED) is 0.928. The molecule has 0 radical (unpaired) electrons. The van der Waals surface area contributed by atoms with Gasteiger partial charge in [-0.15, -0.1) is 0 Å². The monoisotopic (exact) mass is 297 g/mol. The molecule has 0 aliphatic carbocycles. The second-order valence-electron chi connectivity index (χ2n) is 5.13. The predicted octanol–water partition coefficient (Wildman–Crippen LogP) is 2.60. The predicted molar refractivity (Wildman–Crippen MR) is 76.8 cm³/mol. The maximum atomic E-state index is 12.1. The maximum absolute atomic E-state index is 12.1. The van der Waals surface area contributed by atoms with Gasteiger partial charge in [-0.1, -0.05) is 25.4 Å². The zero-order valence-electron chi connectivity index (χ0n) is 11.9. The molecule has 5 nitrogen and oxygen atoms in total. The molecule has 110 valence electrons. The van der Waals surface area contributed by atoms with E-state index < -0.39 is 0 Å². The highest BCUT2D eigenvalue weighted by atomic mass is 35.5. The standard InChI is InChI=1S/C14H20ClN3O2/c1-3-14(4-2)7-10(5-6-20-14)17-13(19)11-8-16-9-12(15)18-11/h8-10H,3-7H2,1-2H3,(H,17,19). The summed E-state index contributed by atoms with van der Waals surface area (Å²) in [5, 5.41) is 3.23. The Labute approximate surface area is 124 Å². The van der Waals surface area contributed by atoms with Gasteiger partial charge in [-0.2, -0.15) is 0 Å². The molecule has 1 N–H and O–H groups in total. The number of hydrogen-bond acceptors (Lipinski definition) is 4. The Morgan fingerprint density at radius 2 is 2.25 bits per heavy atom. The van der Waals surface area contributed by atoms with Gasteiger partial charge in [0.2, 0.25) is 0 Å². The van der Waals surface area contributed by atoms with E-state index in [1.807, 2.05) is 0 Å². The fourth-order valence-electron chi connectivity index (χ4n) is 2.60. The molecule has 2 heterocycles. The van der Waals surface area contributed by atoms with Gasteiger partial charge in [0.25, 0.3) is 5.91 Å². The van der Waals surface area contributed by atoms with Crippen LogP contribution in [0.2, 0.25) is 5.15 Å². The van der Waals surface area contributed by atoms with Crippen LogP contribution in [0.25, 0.3) is 0 Å². The number of nitrogens with one attached hydrogen (secondary N) is 1. The van der Waals surface area contributed by atoms with Gasteiger partial charge in [0.1, 0.15) is 10.8 Å². The molecule has 20 heavy (non-hydrogen) atoms. The first kappa shape index (κ1) is 15.2. The molecule has 2 rings (SSSR count). The highest BCUT2D eigenvalue weighted by Crippen LogP contribution is 2.31. The van der Waals surface area contributed by atoms with E-state index in [9.17, 15) is 4.79 Å². The molecule has 0 bridgehead atoms. The van der Waals surface area contributed by atoms with Gasteiger partial charge in [0, 0.05) is 12.6 Å². The zero-order chi connectivity index (χ0) is 14.6. The fraction of sp³-hybridized carbons (Fsp3) is 0.643. The van der Waals surface area contributed by atoms with Crippen LogP contribution in [0, 0.1) is 0 Å². The maximum Gasteiger partial charge on any atom is 0.271 e. The minimum atomic E-state index is -0.229. The smallest absolute Gasteiger partial charge is 0.271 e. The van der Waals surface area contributed by atoms with E-state index in [0.29, 0.717) is 6.61 Å². The van der Waals surface area contributed by atoms with Crippen molar-refractivity contribution in [3.63, 3.8) is 0 Å². The highest BCUT2D eigenvalue weighted by molar-refractivity contribution is 6.29. The lowest BCUT2D eigenvalue weighted by atomic mass is 9.86. The average molecular weight is 298 g/mol. The molecule has 1 amide bonds. The summed E-state index contributed by atoms with van der Waals surface area (Å²) < 4.78 is 5.90. The van der Waals surface area contributed by atoms with Gasteiger partial charge < -0.3 is 10.1 Å². The molecule has 1 aliphatic rings. The Hall–Kier alpha value is -1.20. The topological polar surface area (TPSA) is 64.1 Å². The second-order valence-corrected chi connectivity index (χ2v) is 5.52. The summed E-state index contributed by atoms with van der Waals surface area (Å²) in [6, 6.07) is 0.108. The number of ether oxygens (including phenoxy) is 1. The van der Waals surface area contributed by atoms with Crippen LogP contribution in [-0.4, -0.2) is 34.1 Å². The van der Waals surface area contributed by atoms with Gasteiger partial charge in [-0.05, 0) is 25.7 Å². The third-order valence-electron chi connectivity index (χ3n) is 3.95. The van der Waals surface area contributed by atoms with Crippen LogP contribution in [0.1, 0.15) is 50.0 Å². The van der Waals surface area contributed by atoms with E-state index in [0.717, 1.165) is 25.7 Å². The first-order valence-corrected chi connectivity index (χ1v) is 7.38. The normalized spacial score (nSPS) is 21.4. The molecule has 1 saturated heterocycles. The van der Waals surface area contributed by atoms with Gasteiger partial charge in [-0.3, -0.25) is 9.78 Å². The van der Waals surface area contributed by atoms with Crippen LogP contribution in [-0.2, 0) is 4.74 Å². The van der Waals surface area contributed by atoms with Crippen molar-refractivity contribution in [2.75, 3.05) is 6.61 Å². The molecule has 1 fully saturated rings. The Morgan fingerprint density at radius 3 is 2.90 bits per heavy atom. The van der Waals surface area contributed by atoms with Gasteiger partial charge >= 0.3 is 0 Å². The summed E-state index contributed by atoms with van der Waals surface area (Å²) >= 11 is 5.75. The molecule has 0 saturated carbocycles. The molecule has 1 atom stereocenters. The summed E-state index contributed by atoms with van der Waals surface area (Å²) in [6.45, 7) is 4.92. The number of carbonyl (C=O) groups excluding carboxylic acids is 1. The summed E-state index contributed by atoms with van der Waals surface area (Å²) in [7, 11) is 0. The van der Waals surface area contributed by atoms with E-state index in [1.54, 1.807) is 0 Å². The Kier molecular flexibility index (Phi) is 4.94. The molecule has 1 unspecified atom stereocenters. The lowest BCUT2D eigenvalue weighted by Crippen LogP contribution is -2.48. The Balaban J connectivity index is 2.01. The van der Waals surface area contributed by atoms with E-state index in [4.69, 9.17) is 16.3 Å². The van der Waals surface area contributed by atoms with Crippen LogP contribution in [0.3, 0.4) is 0 Å². The highest BCUT2D eigenvalue weighted by Gasteiger charge is 2.35. The molecule has 1 aromatic heterocycles. The largest absolute Gasteiger partial charge is 0.375 e. The number of amides is 1. The van der Waals surface area contributed by atoms with E-state index in [1.165, 1.54) is 12.4 Å². The summed E-state index contributed by atoms with van der Waals surface area (Å²) in [6.07, 6.45) is 6.39. The number of carbonyl (C=O) groups is 1. The van der Waals surface area contributed by atoms with Crippen LogP contribution in [0.5, 0.6) is 0 Å². The van der Waals surface area contributed by atoms with Crippen molar-refractivity contribution >= 4 is 17.5 Å². The van der Waals surface area contributed by atoms with Crippen molar-refractivity contribution in [1.29, 1.82) is 0 Å². The molecule has 6 heteroatoms. The number of aromatic nitrogens is 2. The third kappa shape index (κ3) is 3.46. The van der Waals surface area contributed by atoms with E-state index >= 15 is 0 Å². The summed E-state index contributed by atoms with van der Waals surface area (Å²) in [5.41, 5.74) is 0.138. The van der Waals surface area contributed by atoms with Gasteiger partial charge in [-0.25, -0.2) is 4.98 Å². The Bertz CT molecular complexity index is 477. The van der Waals surface area contributed by atoms with Crippen molar-refractivity contribution in [2.24, 2.45) is 0 Å². The van der Waals surface area contributed by atoms with Crippen molar-refractivity contribution in [1.82, 2.24) is 15.3 Å². The minimum Gasteiger partial charge on any atom is -0.375 e.